The third kappa shape index (κ3) is 6.09. The van der Waals surface area contributed by atoms with Gasteiger partial charge in [-0.3, -0.25) is 14.4 Å². The summed E-state index contributed by atoms with van der Waals surface area (Å²) in [6.07, 6.45) is 4.58. The van der Waals surface area contributed by atoms with Crippen LogP contribution >= 0.6 is 0 Å². The largest absolute Gasteiger partial charge is 0.503 e. The molecule has 184 valence electrons. The molecule has 0 aliphatic carbocycles. The van der Waals surface area contributed by atoms with E-state index >= 15 is 0 Å². The van der Waals surface area contributed by atoms with Crippen molar-refractivity contribution in [2.75, 3.05) is 20.8 Å². The van der Waals surface area contributed by atoms with Crippen molar-refractivity contribution >= 4 is 23.7 Å². The number of aliphatic carboxylic acids is 1. The van der Waals surface area contributed by atoms with E-state index in [-0.39, 0.29) is 18.5 Å². The van der Waals surface area contributed by atoms with Gasteiger partial charge in [0.05, 0.1) is 25.8 Å². The number of ketones is 1. The van der Waals surface area contributed by atoms with E-state index in [2.05, 4.69) is 0 Å². The molecule has 2 aromatic rings. The Bertz CT molecular complexity index is 1140. The lowest BCUT2D eigenvalue weighted by molar-refractivity contribution is -0.137. The summed E-state index contributed by atoms with van der Waals surface area (Å²) >= 11 is 0. The average molecular weight is 480 g/mol. The first-order chi connectivity index (χ1) is 16.9. The Balaban J connectivity index is 1.95. The Morgan fingerprint density at radius 3 is 2.43 bits per heavy atom. The molecule has 1 atom stereocenters. The first-order valence-corrected chi connectivity index (χ1v) is 11.3. The number of ether oxygens (including phenoxy) is 2. The van der Waals surface area contributed by atoms with Gasteiger partial charge in [-0.05, 0) is 36.6 Å². The predicted octanol–water partition coefficient (Wildman–Crippen LogP) is 4.33. The van der Waals surface area contributed by atoms with E-state index in [1.807, 2.05) is 30.3 Å². The van der Waals surface area contributed by atoms with Crippen molar-refractivity contribution in [2.24, 2.45) is 0 Å². The molecule has 0 aromatic heterocycles. The van der Waals surface area contributed by atoms with E-state index in [9.17, 15) is 19.5 Å². The van der Waals surface area contributed by atoms with Crippen LogP contribution in [-0.2, 0) is 14.4 Å². The van der Waals surface area contributed by atoms with Gasteiger partial charge >= 0.3 is 5.97 Å². The van der Waals surface area contributed by atoms with Crippen LogP contribution in [0.1, 0.15) is 42.9 Å². The fourth-order valence-electron chi connectivity index (χ4n) is 4.06. The van der Waals surface area contributed by atoms with E-state index in [0.717, 1.165) is 5.56 Å². The quantitative estimate of drug-likeness (QED) is 0.344. The lowest BCUT2D eigenvalue weighted by Gasteiger charge is -2.28. The number of carbonyl (C=O) groups excluding carboxylic acids is 2. The van der Waals surface area contributed by atoms with Gasteiger partial charge in [-0.15, -0.1) is 0 Å². The fraction of sp³-hybridized carbons (Fsp3) is 0.296. The van der Waals surface area contributed by atoms with Gasteiger partial charge in [0.1, 0.15) is 11.5 Å². The lowest BCUT2D eigenvalue weighted by atomic mass is 9.94. The van der Waals surface area contributed by atoms with Crippen LogP contribution in [0, 0.1) is 0 Å². The fourth-order valence-corrected chi connectivity index (χ4v) is 4.06. The molecule has 1 amide bonds. The van der Waals surface area contributed by atoms with Gasteiger partial charge in [-0.25, -0.2) is 0 Å². The lowest BCUT2D eigenvalue weighted by Crippen LogP contribution is -2.32. The highest BCUT2D eigenvalue weighted by Crippen LogP contribution is 2.42. The standard InChI is InChI=1S/C27H29NO7/c1-34-19-13-14-20(22(17-19)35-2)25-24(21(29)15-12-18-9-5-3-6-10-18)26(32)27(33)28(25)16-8-4-7-11-23(30)31/h3,5-6,9-10,12-15,17,25,32H,4,7-8,11,16H2,1-2H3,(H,30,31)/b15-12+. The number of allylic oxidation sites excluding steroid dienone is 1. The maximum absolute atomic E-state index is 13.3. The number of aliphatic hydroxyl groups excluding tert-OH is 1. The van der Waals surface area contributed by atoms with Gasteiger partial charge in [0.2, 0.25) is 0 Å². The number of carboxylic acids is 1. The molecule has 1 unspecified atom stereocenters. The van der Waals surface area contributed by atoms with Crippen LogP contribution in [0.4, 0.5) is 0 Å². The molecule has 0 saturated heterocycles. The number of nitrogens with zero attached hydrogens (tertiary/aromatic N) is 1. The van der Waals surface area contributed by atoms with Crippen LogP contribution in [0.25, 0.3) is 6.08 Å². The molecule has 1 heterocycles. The Kier molecular flexibility index (Phi) is 8.67. The summed E-state index contributed by atoms with van der Waals surface area (Å²) in [7, 11) is 3.00. The summed E-state index contributed by atoms with van der Waals surface area (Å²) in [4.78, 5) is 38.5. The summed E-state index contributed by atoms with van der Waals surface area (Å²) in [5.41, 5.74) is 1.31. The van der Waals surface area contributed by atoms with Crippen LogP contribution in [0.15, 0.2) is 65.9 Å². The van der Waals surface area contributed by atoms with Gasteiger partial charge in [0.15, 0.2) is 11.5 Å². The summed E-state index contributed by atoms with van der Waals surface area (Å²) in [5.74, 6) is -1.66. The average Bonchev–Trinajstić information content (AvgIpc) is 3.12. The SMILES string of the molecule is COc1ccc(C2C(C(=O)/C=C/c3ccccc3)=C(O)C(=O)N2CCCCCC(=O)O)c(OC)c1. The minimum atomic E-state index is -0.875. The summed E-state index contributed by atoms with van der Waals surface area (Å²) < 4.78 is 10.8. The van der Waals surface area contributed by atoms with Crippen molar-refractivity contribution in [3.63, 3.8) is 0 Å². The monoisotopic (exact) mass is 479 g/mol. The second kappa shape index (κ2) is 11.9. The molecule has 0 fully saturated rings. The van der Waals surface area contributed by atoms with E-state index in [4.69, 9.17) is 14.6 Å². The van der Waals surface area contributed by atoms with Crippen LogP contribution in [0.5, 0.6) is 11.5 Å². The Morgan fingerprint density at radius 1 is 1.03 bits per heavy atom. The number of carboxylic acid groups (broad SMARTS) is 1. The van der Waals surface area contributed by atoms with Crippen LogP contribution in [0.3, 0.4) is 0 Å². The van der Waals surface area contributed by atoms with E-state index in [1.165, 1.54) is 25.2 Å². The molecule has 0 bridgehead atoms. The molecule has 0 spiro atoms. The van der Waals surface area contributed by atoms with Crippen molar-refractivity contribution in [3.8, 4) is 11.5 Å². The number of rotatable bonds is 12. The third-order valence-corrected chi connectivity index (χ3v) is 5.82. The molecule has 2 aromatic carbocycles. The Hall–Kier alpha value is -4.07. The van der Waals surface area contributed by atoms with E-state index in [0.29, 0.717) is 36.3 Å². The maximum Gasteiger partial charge on any atom is 0.303 e. The molecule has 8 nitrogen and oxygen atoms in total. The normalized spacial score (nSPS) is 15.7. The van der Waals surface area contributed by atoms with Crippen LogP contribution in [-0.4, -0.2) is 53.5 Å². The molecule has 2 N–H and O–H groups in total. The summed E-state index contributed by atoms with van der Waals surface area (Å²) in [6, 6.07) is 13.4. The van der Waals surface area contributed by atoms with Crippen molar-refractivity contribution in [1.29, 1.82) is 0 Å². The second-order valence-electron chi connectivity index (χ2n) is 8.08. The minimum Gasteiger partial charge on any atom is -0.503 e. The topological polar surface area (TPSA) is 113 Å². The summed E-state index contributed by atoms with van der Waals surface area (Å²) in [5, 5.41) is 19.6. The van der Waals surface area contributed by atoms with Crippen LogP contribution in [0.2, 0.25) is 0 Å². The minimum absolute atomic E-state index is 0.0313. The van der Waals surface area contributed by atoms with E-state index < -0.39 is 29.5 Å². The molecule has 0 radical (unpaired) electrons. The van der Waals surface area contributed by atoms with Crippen LogP contribution < -0.4 is 9.47 Å². The van der Waals surface area contributed by atoms with Gasteiger partial charge in [0.25, 0.3) is 5.91 Å². The molecular formula is C27H29NO7. The zero-order valence-corrected chi connectivity index (χ0v) is 19.8. The Labute approximate surface area is 204 Å². The highest BCUT2D eigenvalue weighted by Gasteiger charge is 2.43. The number of amides is 1. The molecule has 1 aliphatic rings. The summed E-state index contributed by atoms with van der Waals surface area (Å²) in [6.45, 7) is 0.238. The number of unbranched alkanes of at least 4 members (excludes halogenated alkanes) is 2. The number of benzene rings is 2. The molecule has 8 heteroatoms. The maximum atomic E-state index is 13.3. The number of carbonyl (C=O) groups is 3. The van der Waals surface area contributed by atoms with Crippen molar-refractivity contribution < 1.29 is 34.1 Å². The molecule has 3 rings (SSSR count). The molecule has 0 saturated carbocycles. The van der Waals surface area contributed by atoms with Gasteiger partial charge < -0.3 is 24.6 Å². The number of hydrogen-bond acceptors (Lipinski definition) is 6. The predicted molar refractivity (Wildman–Crippen MR) is 130 cm³/mol. The molecule has 1 aliphatic heterocycles. The zero-order valence-electron chi connectivity index (χ0n) is 19.8. The van der Waals surface area contributed by atoms with Gasteiger partial charge in [-0.2, -0.15) is 0 Å². The van der Waals surface area contributed by atoms with E-state index in [1.54, 1.807) is 24.3 Å². The van der Waals surface area contributed by atoms with Crippen molar-refractivity contribution in [2.45, 2.75) is 31.7 Å². The highest BCUT2D eigenvalue weighted by atomic mass is 16.5. The smallest absolute Gasteiger partial charge is 0.303 e. The van der Waals surface area contributed by atoms with Crippen molar-refractivity contribution in [1.82, 2.24) is 4.90 Å². The highest BCUT2D eigenvalue weighted by molar-refractivity contribution is 6.14. The molecule has 35 heavy (non-hydrogen) atoms. The zero-order chi connectivity index (χ0) is 25.4. The van der Waals surface area contributed by atoms with Gasteiger partial charge in [-0.1, -0.05) is 42.8 Å². The Morgan fingerprint density at radius 2 is 1.77 bits per heavy atom. The number of aliphatic hydroxyl groups is 1. The van der Waals surface area contributed by atoms with Gasteiger partial charge in [0, 0.05) is 24.6 Å². The number of methoxy groups -OCH3 is 2. The first kappa shape index (κ1) is 25.6. The second-order valence-corrected chi connectivity index (χ2v) is 8.08. The molecular weight excluding hydrogens is 450 g/mol. The first-order valence-electron chi connectivity index (χ1n) is 11.3. The van der Waals surface area contributed by atoms with Crippen molar-refractivity contribution in [3.05, 3.63) is 77.1 Å². The third-order valence-electron chi connectivity index (χ3n) is 5.82. The number of hydrogen-bond donors (Lipinski definition) is 2.